The molecule has 1 saturated heterocycles. The smallest absolute Gasteiger partial charge is 0.295 e. The maximum atomic E-state index is 12.8. The van der Waals surface area contributed by atoms with Crippen molar-refractivity contribution in [1.82, 2.24) is 4.90 Å². The van der Waals surface area contributed by atoms with E-state index in [4.69, 9.17) is 11.6 Å². The number of aliphatic hydroxyl groups excluding tert-OH is 1. The predicted octanol–water partition coefficient (Wildman–Crippen LogP) is 5.34. The topological polar surface area (TPSA) is 57.6 Å². The second-order valence-electron chi connectivity index (χ2n) is 6.97. The van der Waals surface area contributed by atoms with E-state index in [0.29, 0.717) is 17.1 Å². The molecule has 5 heteroatoms. The number of carbonyl (C=O) groups excluding carboxylic acids is 2. The van der Waals surface area contributed by atoms with Crippen LogP contribution >= 0.6 is 11.6 Å². The van der Waals surface area contributed by atoms with Crippen LogP contribution in [0.15, 0.2) is 60.2 Å². The summed E-state index contributed by atoms with van der Waals surface area (Å²) in [7, 11) is 0. The van der Waals surface area contributed by atoms with Gasteiger partial charge in [-0.15, -0.1) is 0 Å². The number of halogens is 1. The summed E-state index contributed by atoms with van der Waals surface area (Å²) in [6.45, 7) is 2.61. The molecule has 1 amide bonds. The molecule has 1 aliphatic rings. The minimum atomic E-state index is -0.642. The summed E-state index contributed by atoms with van der Waals surface area (Å²) < 4.78 is 0. The van der Waals surface area contributed by atoms with E-state index in [1.165, 1.54) is 0 Å². The van der Waals surface area contributed by atoms with Crippen LogP contribution in [0.1, 0.15) is 49.8 Å². The first-order valence-corrected chi connectivity index (χ1v) is 10.0. The molecule has 0 aromatic heterocycles. The number of amides is 1. The van der Waals surface area contributed by atoms with Gasteiger partial charge in [-0.2, -0.15) is 0 Å². The predicted molar refractivity (Wildman–Crippen MR) is 111 cm³/mol. The maximum absolute atomic E-state index is 12.8. The van der Waals surface area contributed by atoms with Crippen molar-refractivity contribution in [2.75, 3.05) is 6.54 Å². The quantitative estimate of drug-likeness (QED) is 0.297. The van der Waals surface area contributed by atoms with Crippen LogP contribution in [0.2, 0.25) is 5.02 Å². The van der Waals surface area contributed by atoms with Gasteiger partial charge in [0.15, 0.2) is 0 Å². The molecule has 0 saturated carbocycles. The van der Waals surface area contributed by atoms with Crippen LogP contribution in [0.25, 0.3) is 5.76 Å². The van der Waals surface area contributed by atoms with Gasteiger partial charge in [0.2, 0.25) is 0 Å². The molecule has 146 valence electrons. The van der Waals surface area contributed by atoms with Crippen molar-refractivity contribution < 1.29 is 14.7 Å². The van der Waals surface area contributed by atoms with E-state index in [0.717, 1.165) is 31.2 Å². The molecule has 0 aliphatic carbocycles. The molecule has 4 nitrogen and oxygen atoms in total. The minimum absolute atomic E-state index is 0.133. The van der Waals surface area contributed by atoms with Gasteiger partial charge in [-0.1, -0.05) is 68.1 Å². The average molecular weight is 398 g/mol. The van der Waals surface area contributed by atoms with Gasteiger partial charge < -0.3 is 10.0 Å². The number of aliphatic hydroxyl groups is 1. The first kappa shape index (κ1) is 20.2. The third-order valence-corrected chi connectivity index (χ3v) is 5.28. The minimum Gasteiger partial charge on any atom is -0.507 e. The second-order valence-corrected chi connectivity index (χ2v) is 7.41. The fraction of sp³-hybridized carbons (Fsp3) is 0.304. The van der Waals surface area contributed by atoms with Gasteiger partial charge in [-0.3, -0.25) is 9.59 Å². The lowest BCUT2D eigenvalue weighted by Crippen LogP contribution is -2.30. The van der Waals surface area contributed by atoms with Crippen molar-refractivity contribution in [3.63, 3.8) is 0 Å². The molecule has 2 aromatic rings. The van der Waals surface area contributed by atoms with Gasteiger partial charge in [-0.05, 0) is 36.2 Å². The number of ketones is 1. The van der Waals surface area contributed by atoms with Gasteiger partial charge in [0.25, 0.3) is 11.7 Å². The molecular formula is C23H24ClNO3. The number of hydrogen-bond donors (Lipinski definition) is 1. The first-order valence-electron chi connectivity index (χ1n) is 9.64. The molecule has 0 radical (unpaired) electrons. The number of Topliss-reactive ketones (excluding diaryl/α,β-unsaturated/α-hetero) is 1. The van der Waals surface area contributed by atoms with E-state index >= 15 is 0 Å². The first-order chi connectivity index (χ1) is 13.5. The SMILES string of the molecule is CCCCCCN1C(=O)C(=O)/C(=C(\O)c2ccc(Cl)cc2)C1c1ccccc1. The van der Waals surface area contributed by atoms with Gasteiger partial charge in [0.05, 0.1) is 11.6 Å². The Labute approximate surface area is 170 Å². The van der Waals surface area contributed by atoms with Crippen molar-refractivity contribution in [3.05, 3.63) is 76.3 Å². The summed E-state index contributed by atoms with van der Waals surface area (Å²) >= 11 is 5.93. The summed E-state index contributed by atoms with van der Waals surface area (Å²) in [5, 5.41) is 11.4. The molecule has 1 aliphatic heterocycles. The molecule has 1 atom stereocenters. The number of hydrogen-bond acceptors (Lipinski definition) is 3. The Kier molecular flexibility index (Phi) is 6.53. The van der Waals surface area contributed by atoms with E-state index in [9.17, 15) is 14.7 Å². The zero-order valence-corrected chi connectivity index (χ0v) is 16.7. The maximum Gasteiger partial charge on any atom is 0.295 e. The third-order valence-electron chi connectivity index (χ3n) is 5.03. The third kappa shape index (κ3) is 4.12. The molecule has 28 heavy (non-hydrogen) atoms. The van der Waals surface area contributed by atoms with Crippen LogP contribution in [0.3, 0.4) is 0 Å². The second kappa shape index (κ2) is 9.07. The van der Waals surface area contributed by atoms with Crippen molar-refractivity contribution in [2.45, 2.75) is 38.6 Å². The van der Waals surface area contributed by atoms with Gasteiger partial charge in [0, 0.05) is 17.1 Å². The van der Waals surface area contributed by atoms with Crippen LogP contribution in [0.5, 0.6) is 0 Å². The standard InChI is InChI=1S/C23H24ClNO3/c1-2-3-4-8-15-25-20(16-9-6-5-7-10-16)19(22(27)23(25)28)21(26)17-11-13-18(24)14-12-17/h5-7,9-14,20,26H,2-4,8,15H2,1H3/b21-19-. The molecule has 1 unspecified atom stereocenters. The highest BCUT2D eigenvalue weighted by Crippen LogP contribution is 2.39. The summed E-state index contributed by atoms with van der Waals surface area (Å²) in [6.07, 6.45) is 4.01. The molecule has 1 fully saturated rings. The van der Waals surface area contributed by atoms with Crippen LogP contribution in [-0.2, 0) is 9.59 Å². The normalized spacial score (nSPS) is 18.6. The fourth-order valence-corrected chi connectivity index (χ4v) is 3.69. The number of rotatable bonds is 7. The summed E-state index contributed by atoms with van der Waals surface area (Å²) in [5.74, 6) is -1.36. The monoisotopic (exact) mass is 397 g/mol. The lowest BCUT2D eigenvalue weighted by atomic mass is 9.95. The highest BCUT2D eigenvalue weighted by Gasteiger charge is 2.45. The number of unbranched alkanes of at least 4 members (excludes halogenated alkanes) is 3. The van der Waals surface area contributed by atoms with Crippen LogP contribution < -0.4 is 0 Å². The Hall–Kier alpha value is -2.59. The van der Waals surface area contributed by atoms with Gasteiger partial charge >= 0.3 is 0 Å². The summed E-state index contributed by atoms with van der Waals surface area (Å²) in [4.78, 5) is 27.2. The number of carbonyl (C=O) groups is 2. The lowest BCUT2D eigenvalue weighted by molar-refractivity contribution is -0.139. The fourth-order valence-electron chi connectivity index (χ4n) is 3.56. The largest absolute Gasteiger partial charge is 0.507 e. The molecule has 2 aromatic carbocycles. The molecule has 1 heterocycles. The molecule has 3 rings (SSSR count). The van der Waals surface area contributed by atoms with Crippen LogP contribution in [-0.4, -0.2) is 28.2 Å². The van der Waals surface area contributed by atoms with Crippen molar-refractivity contribution in [3.8, 4) is 0 Å². The van der Waals surface area contributed by atoms with E-state index < -0.39 is 17.7 Å². The Morgan fingerprint density at radius 2 is 1.68 bits per heavy atom. The Balaban J connectivity index is 2.03. The summed E-state index contributed by atoms with van der Waals surface area (Å²) in [5.41, 5.74) is 1.41. The van der Waals surface area contributed by atoms with E-state index in [-0.39, 0.29) is 11.3 Å². The Morgan fingerprint density at radius 1 is 1.00 bits per heavy atom. The van der Waals surface area contributed by atoms with Crippen molar-refractivity contribution in [1.29, 1.82) is 0 Å². The average Bonchev–Trinajstić information content (AvgIpc) is 2.97. The molecule has 0 bridgehead atoms. The van der Waals surface area contributed by atoms with Crippen molar-refractivity contribution >= 4 is 29.1 Å². The van der Waals surface area contributed by atoms with Crippen molar-refractivity contribution in [2.24, 2.45) is 0 Å². The zero-order valence-electron chi connectivity index (χ0n) is 15.9. The van der Waals surface area contributed by atoms with Gasteiger partial charge in [-0.25, -0.2) is 0 Å². The van der Waals surface area contributed by atoms with Crippen LogP contribution in [0.4, 0.5) is 0 Å². The Morgan fingerprint density at radius 3 is 2.32 bits per heavy atom. The van der Waals surface area contributed by atoms with Gasteiger partial charge in [0.1, 0.15) is 5.76 Å². The highest BCUT2D eigenvalue weighted by atomic mass is 35.5. The van der Waals surface area contributed by atoms with E-state index in [1.807, 2.05) is 30.3 Å². The van der Waals surface area contributed by atoms with E-state index in [1.54, 1.807) is 29.2 Å². The molecular weight excluding hydrogens is 374 g/mol. The Bertz CT molecular complexity index is 874. The van der Waals surface area contributed by atoms with Crippen LogP contribution in [0, 0.1) is 0 Å². The molecule has 0 spiro atoms. The number of nitrogens with zero attached hydrogens (tertiary/aromatic N) is 1. The number of likely N-dealkylation sites (tertiary alicyclic amines) is 1. The summed E-state index contributed by atoms with van der Waals surface area (Å²) in [6, 6.07) is 15.4. The van der Waals surface area contributed by atoms with E-state index in [2.05, 4.69) is 6.92 Å². The highest BCUT2D eigenvalue weighted by molar-refractivity contribution is 6.46. The lowest BCUT2D eigenvalue weighted by Gasteiger charge is -2.25. The number of benzene rings is 2. The zero-order chi connectivity index (χ0) is 20.1. The molecule has 1 N–H and O–H groups in total.